The number of hydrogen-bond donors (Lipinski definition) is 1. The normalized spacial score (nSPS) is 12.8. The fourth-order valence-electron chi connectivity index (χ4n) is 1.84. The number of furan rings is 1. The molecule has 17 heavy (non-hydrogen) atoms. The molecule has 2 aromatic heterocycles. The number of imidazole rings is 1. The van der Waals surface area contributed by atoms with Gasteiger partial charge in [-0.3, -0.25) is 0 Å². The summed E-state index contributed by atoms with van der Waals surface area (Å²) in [6.45, 7) is 3.15. The lowest BCUT2D eigenvalue weighted by Gasteiger charge is -2.14. The van der Waals surface area contributed by atoms with E-state index in [1.165, 1.54) is 0 Å². The minimum absolute atomic E-state index is 0.224. The van der Waals surface area contributed by atoms with Gasteiger partial charge in [0.2, 0.25) is 0 Å². The molecule has 4 nitrogen and oxygen atoms in total. The minimum atomic E-state index is 0.224. The third-order valence-corrected chi connectivity index (χ3v) is 2.71. The van der Waals surface area contributed by atoms with E-state index in [1.54, 1.807) is 6.26 Å². The molecule has 2 heterocycles. The van der Waals surface area contributed by atoms with Crippen LogP contribution >= 0.6 is 0 Å². The van der Waals surface area contributed by atoms with E-state index >= 15 is 0 Å². The Morgan fingerprint density at radius 3 is 3.00 bits per heavy atom. The first-order valence-electron chi connectivity index (χ1n) is 6.03. The van der Waals surface area contributed by atoms with Crippen LogP contribution in [0.25, 0.3) is 0 Å². The van der Waals surface area contributed by atoms with Crippen molar-refractivity contribution in [3.8, 4) is 0 Å². The monoisotopic (exact) mass is 233 g/mol. The molecule has 1 N–H and O–H groups in total. The highest BCUT2D eigenvalue weighted by Gasteiger charge is 2.15. The molecule has 0 aliphatic rings. The van der Waals surface area contributed by atoms with Crippen molar-refractivity contribution in [2.24, 2.45) is 7.05 Å². The summed E-state index contributed by atoms with van der Waals surface area (Å²) in [6.07, 6.45) is 7.55. The second-order valence-electron chi connectivity index (χ2n) is 4.25. The third-order valence-electron chi connectivity index (χ3n) is 2.71. The molecule has 1 atom stereocenters. The van der Waals surface area contributed by atoms with Gasteiger partial charge in [0.05, 0.1) is 24.3 Å². The highest BCUT2D eigenvalue weighted by atomic mass is 16.3. The van der Waals surface area contributed by atoms with E-state index < -0.39 is 0 Å². The molecule has 0 radical (unpaired) electrons. The van der Waals surface area contributed by atoms with Gasteiger partial charge in [-0.25, -0.2) is 4.98 Å². The van der Waals surface area contributed by atoms with Gasteiger partial charge in [-0.05, 0) is 25.1 Å². The molecule has 0 spiro atoms. The molecule has 2 rings (SSSR count). The highest BCUT2D eigenvalue weighted by Crippen LogP contribution is 2.17. The van der Waals surface area contributed by atoms with Crippen molar-refractivity contribution >= 4 is 0 Å². The number of nitrogens with zero attached hydrogens (tertiary/aromatic N) is 2. The maximum Gasteiger partial charge on any atom is 0.105 e. The number of aromatic nitrogens is 2. The first kappa shape index (κ1) is 11.9. The lowest BCUT2D eigenvalue weighted by molar-refractivity contribution is 0.444. The Morgan fingerprint density at radius 1 is 1.53 bits per heavy atom. The molecular weight excluding hydrogens is 214 g/mol. The Hall–Kier alpha value is -1.55. The zero-order chi connectivity index (χ0) is 12.1. The van der Waals surface area contributed by atoms with E-state index in [4.69, 9.17) is 4.42 Å². The summed E-state index contributed by atoms with van der Waals surface area (Å²) in [7, 11) is 1.99. The minimum Gasteiger partial charge on any atom is -0.469 e. The van der Waals surface area contributed by atoms with Crippen molar-refractivity contribution in [3.05, 3.63) is 42.4 Å². The maximum atomic E-state index is 5.40. The van der Waals surface area contributed by atoms with Crippen molar-refractivity contribution in [2.45, 2.75) is 25.8 Å². The van der Waals surface area contributed by atoms with E-state index in [9.17, 15) is 0 Å². The standard InChI is InChI=1S/C13H19N3O/c1-3-6-14-12(8-11-5-4-7-17-11)13-9-16(2)10-15-13/h4-5,7,9-10,12,14H,3,6,8H2,1-2H3. The Kier molecular flexibility index (Phi) is 3.98. The zero-order valence-corrected chi connectivity index (χ0v) is 10.4. The summed E-state index contributed by atoms with van der Waals surface area (Å²) in [6, 6.07) is 4.15. The topological polar surface area (TPSA) is 43.0 Å². The van der Waals surface area contributed by atoms with Crippen LogP contribution in [0.4, 0.5) is 0 Å². The lowest BCUT2D eigenvalue weighted by Crippen LogP contribution is -2.24. The predicted octanol–water partition coefficient (Wildman–Crippen LogP) is 2.30. The summed E-state index contributed by atoms with van der Waals surface area (Å²) in [5.41, 5.74) is 1.07. The summed E-state index contributed by atoms with van der Waals surface area (Å²) in [5.74, 6) is 0.990. The van der Waals surface area contributed by atoms with Gasteiger partial charge in [0.1, 0.15) is 5.76 Å². The Morgan fingerprint density at radius 2 is 2.41 bits per heavy atom. The van der Waals surface area contributed by atoms with Crippen LogP contribution in [0.2, 0.25) is 0 Å². The number of rotatable bonds is 6. The average molecular weight is 233 g/mol. The van der Waals surface area contributed by atoms with Gasteiger partial charge in [-0.15, -0.1) is 0 Å². The molecule has 0 amide bonds. The van der Waals surface area contributed by atoms with Crippen LogP contribution in [0.5, 0.6) is 0 Å². The molecule has 0 bridgehead atoms. The van der Waals surface area contributed by atoms with Crippen LogP contribution in [-0.2, 0) is 13.5 Å². The Bertz CT molecular complexity index is 433. The first-order chi connectivity index (χ1) is 8.29. The fraction of sp³-hybridized carbons (Fsp3) is 0.462. The zero-order valence-electron chi connectivity index (χ0n) is 10.4. The number of hydrogen-bond acceptors (Lipinski definition) is 3. The molecule has 2 aromatic rings. The summed E-state index contributed by atoms with van der Waals surface area (Å²) < 4.78 is 7.37. The molecule has 0 aliphatic carbocycles. The van der Waals surface area contributed by atoms with E-state index in [1.807, 2.05) is 30.1 Å². The molecule has 1 unspecified atom stereocenters. The average Bonchev–Trinajstić information content (AvgIpc) is 2.95. The number of nitrogens with one attached hydrogen (secondary N) is 1. The summed E-state index contributed by atoms with van der Waals surface area (Å²) in [4.78, 5) is 4.41. The lowest BCUT2D eigenvalue weighted by atomic mass is 10.1. The smallest absolute Gasteiger partial charge is 0.105 e. The molecule has 0 aliphatic heterocycles. The van der Waals surface area contributed by atoms with Crippen molar-refractivity contribution in [1.29, 1.82) is 0 Å². The molecule has 0 fully saturated rings. The van der Waals surface area contributed by atoms with Crippen molar-refractivity contribution in [2.75, 3.05) is 6.54 Å². The van der Waals surface area contributed by atoms with Gasteiger partial charge in [-0.1, -0.05) is 6.92 Å². The van der Waals surface area contributed by atoms with E-state index in [0.29, 0.717) is 0 Å². The van der Waals surface area contributed by atoms with Gasteiger partial charge in [-0.2, -0.15) is 0 Å². The van der Waals surface area contributed by atoms with Crippen LogP contribution in [0.1, 0.15) is 30.8 Å². The van der Waals surface area contributed by atoms with Crippen molar-refractivity contribution < 1.29 is 4.42 Å². The molecule has 4 heteroatoms. The van der Waals surface area contributed by atoms with Gasteiger partial charge < -0.3 is 14.3 Å². The molecule has 0 saturated heterocycles. The predicted molar refractivity (Wildman–Crippen MR) is 66.7 cm³/mol. The third kappa shape index (κ3) is 3.20. The van der Waals surface area contributed by atoms with Crippen LogP contribution in [0.15, 0.2) is 35.3 Å². The first-order valence-corrected chi connectivity index (χ1v) is 6.03. The molecular formula is C13H19N3O. The van der Waals surface area contributed by atoms with Crippen LogP contribution < -0.4 is 5.32 Å². The highest BCUT2D eigenvalue weighted by molar-refractivity contribution is 5.09. The SMILES string of the molecule is CCCNC(Cc1ccco1)c1cn(C)cn1. The van der Waals surface area contributed by atoms with E-state index in [2.05, 4.69) is 23.4 Å². The molecule has 0 aromatic carbocycles. The van der Waals surface area contributed by atoms with Crippen molar-refractivity contribution in [1.82, 2.24) is 14.9 Å². The van der Waals surface area contributed by atoms with Crippen LogP contribution in [0.3, 0.4) is 0 Å². The van der Waals surface area contributed by atoms with Crippen LogP contribution in [0, 0.1) is 0 Å². The maximum absolute atomic E-state index is 5.40. The van der Waals surface area contributed by atoms with Gasteiger partial charge in [0.15, 0.2) is 0 Å². The van der Waals surface area contributed by atoms with Gasteiger partial charge >= 0.3 is 0 Å². The van der Waals surface area contributed by atoms with Gasteiger partial charge in [0.25, 0.3) is 0 Å². The Balaban J connectivity index is 2.07. The second-order valence-corrected chi connectivity index (χ2v) is 4.25. The quantitative estimate of drug-likeness (QED) is 0.832. The van der Waals surface area contributed by atoms with E-state index in [0.717, 1.165) is 30.8 Å². The fourth-order valence-corrected chi connectivity index (χ4v) is 1.84. The van der Waals surface area contributed by atoms with Gasteiger partial charge in [0, 0.05) is 19.7 Å². The van der Waals surface area contributed by atoms with Crippen LogP contribution in [-0.4, -0.2) is 16.1 Å². The summed E-state index contributed by atoms with van der Waals surface area (Å²) >= 11 is 0. The molecule has 0 saturated carbocycles. The number of aryl methyl sites for hydroxylation is 1. The summed E-state index contributed by atoms with van der Waals surface area (Å²) in [5, 5.41) is 3.50. The largest absolute Gasteiger partial charge is 0.469 e. The van der Waals surface area contributed by atoms with E-state index in [-0.39, 0.29) is 6.04 Å². The second kappa shape index (κ2) is 5.68. The molecule has 92 valence electrons. The van der Waals surface area contributed by atoms with Crippen molar-refractivity contribution in [3.63, 3.8) is 0 Å². The Labute approximate surface area is 102 Å².